The minimum Gasteiger partial charge on any atom is -0.299 e. The Labute approximate surface area is 59.4 Å². The zero-order valence-electron chi connectivity index (χ0n) is 6.30. The molecule has 0 aliphatic heterocycles. The van der Waals surface area contributed by atoms with Crippen molar-refractivity contribution in [2.75, 3.05) is 0 Å². The van der Waals surface area contributed by atoms with Gasteiger partial charge in [-0.25, -0.2) is 0 Å². The molecule has 0 heterocycles. The molecule has 0 saturated heterocycles. The molecule has 0 radical (unpaired) electrons. The van der Waals surface area contributed by atoms with Crippen LogP contribution in [0.5, 0.6) is 0 Å². The van der Waals surface area contributed by atoms with E-state index in [1.165, 1.54) is 20.8 Å². The third kappa shape index (κ3) is 2.09. The summed E-state index contributed by atoms with van der Waals surface area (Å²) in [6.07, 6.45) is 0. The summed E-state index contributed by atoms with van der Waals surface area (Å²) in [4.78, 5) is 31.6. The predicted molar refractivity (Wildman–Crippen MR) is 35.5 cm³/mol. The van der Waals surface area contributed by atoms with E-state index in [1.807, 2.05) is 0 Å². The molecule has 0 N–H and O–H groups in total. The van der Waals surface area contributed by atoms with Crippen LogP contribution in [0.4, 0.5) is 0 Å². The first-order valence-corrected chi connectivity index (χ1v) is 3.02. The minimum absolute atomic E-state index is 0.264. The van der Waals surface area contributed by atoms with Crippen LogP contribution in [0.1, 0.15) is 20.8 Å². The van der Waals surface area contributed by atoms with Crippen molar-refractivity contribution in [3.8, 4) is 0 Å². The van der Waals surface area contributed by atoms with Crippen molar-refractivity contribution >= 4 is 17.3 Å². The highest BCUT2D eigenvalue weighted by molar-refractivity contribution is 6.40. The quantitative estimate of drug-likeness (QED) is 0.422. The Kier molecular flexibility index (Phi) is 2.93. The molecule has 0 aliphatic carbocycles. The van der Waals surface area contributed by atoms with Crippen LogP contribution in [0.15, 0.2) is 0 Å². The average molecular weight is 142 g/mol. The molecule has 56 valence electrons. The molecule has 0 aliphatic rings. The Morgan fingerprint density at radius 1 is 1.10 bits per heavy atom. The van der Waals surface area contributed by atoms with Gasteiger partial charge in [0.15, 0.2) is 5.78 Å². The number of rotatable bonds is 3. The molecule has 0 bridgehead atoms. The second kappa shape index (κ2) is 3.25. The van der Waals surface area contributed by atoms with Gasteiger partial charge in [0.25, 0.3) is 0 Å². The highest BCUT2D eigenvalue weighted by Gasteiger charge is 2.20. The molecule has 0 aromatic heterocycles. The van der Waals surface area contributed by atoms with E-state index < -0.39 is 17.5 Å². The zero-order chi connectivity index (χ0) is 8.31. The lowest BCUT2D eigenvalue weighted by atomic mass is 10.0. The lowest BCUT2D eigenvalue weighted by Crippen LogP contribution is -2.24. The van der Waals surface area contributed by atoms with E-state index in [-0.39, 0.29) is 5.78 Å². The van der Waals surface area contributed by atoms with Crippen molar-refractivity contribution < 1.29 is 14.4 Å². The molecule has 0 saturated carbocycles. The van der Waals surface area contributed by atoms with Crippen LogP contribution in [0.3, 0.4) is 0 Å². The second-order valence-corrected chi connectivity index (χ2v) is 2.25. The summed E-state index contributed by atoms with van der Waals surface area (Å²) in [6.45, 7) is 3.90. The van der Waals surface area contributed by atoms with Crippen molar-refractivity contribution in [3.05, 3.63) is 0 Å². The molecule has 0 amide bonds. The van der Waals surface area contributed by atoms with Crippen molar-refractivity contribution in [3.63, 3.8) is 0 Å². The van der Waals surface area contributed by atoms with Crippen LogP contribution in [0.2, 0.25) is 0 Å². The summed E-state index contributed by atoms with van der Waals surface area (Å²) in [5, 5.41) is 0. The number of ketones is 3. The summed E-state index contributed by atoms with van der Waals surface area (Å²) < 4.78 is 0. The molecule has 1 atom stereocenters. The van der Waals surface area contributed by atoms with Gasteiger partial charge < -0.3 is 0 Å². The van der Waals surface area contributed by atoms with Gasteiger partial charge in [0.1, 0.15) is 5.78 Å². The largest absolute Gasteiger partial charge is 0.299 e. The summed E-state index contributed by atoms with van der Waals surface area (Å²) in [7, 11) is 0. The van der Waals surface area contributed by atoms with E-state index in [0.29, 0.717) is 0 Å². The van der Waals surface area contributed by atoms with Crippen molar-refractivity contribution in [1.82, 2.24) is 0 Å². The highest BCUT2D eigenvalue weighted by Crippen LogP contribution is 1.98. The molecule has 3 nitrogen and oxygen atoms in total. The van der Waals surface area contributed by atoms with Crippen LogP contribution < -0.4 is 0 Å². The molecule has 0 aromatic carbocycles. The first-order chi connectivity index (χ1) is 4.46. The molecular formula is C7H10O3. The van der Waals surface area contributed by atoms with Gasteiger partial charge in [-0.2, -0.15) is 0 Å². The minimum atomic E-state index is -0.766. The lowest BCUT2D eigenvalue weighted by Gasteiger charge is -2.00. The number of hydrogen-bond donors (Lipinski definition) is 0. The molecule has 0 aromatic rings. The Balaban J connectivity index is 4.22. The van der Waals surface area contributed by atoms with Crippen LogP contribution in [-0.4, -0.2) is 17.3 Å². The summed E-state index contributed by atoms with van der Waals surface area (Å²) >= 11 is 0. The molecule has 0 rings (SSSR count). The van der Waals surface area contributed by atoms with E-state index in [9.17, 15) is 14.4 Å². The fourth-order valence-corrected chi connectivity index (χ4v) is 0.490. The summed E-state index contributed by atoms with van der Waals surface area (Å²) in [5.74, 6) is -2.19. The first-order valence-electron chi connectivity index (χ1n) is 3.02. The van der Waals surface area contributed by atoms with Gasteiger partial charge in [-0.05, 0) is 13.8 Å². The van der Waals surface area contributed by atoms with E-state index >= 15 is 0 Å². The summed E-state index contributed by atoms with van der Waals surface area (Å²) in [6, 6.07) is 0. The van der Waals surface area contributed by atoms with Gasteiger partial charge >= 0.3 is 0 Å². The number of carbonyl (C=O) groups is 3. The zero-order valence-corrected chi connectivity index (χ0v) is 6.30. The van der Waals surface area contributed by atoms with Crippen molar-refractivity contribution in [1.29, 1.82) is 0 Å². The van der Waals surface area contributed by atoms with Crippen LogP contribution >= 0.6 is 0 Å². The summed E-state index contributed by atoms with van der Waals surface area (Å²) in [5.41, 5.74) is 0. The third-order valence-electron chi connectivity index (χ3n) is 1.35. The topological polar surface area (TPSA) is 51.2 Å². The van der Waals surface area contributed by atoms with Gasteiger partial charge in [-0.15, -0.1) is 0 Å². The van der Waals surface area contributed by atoms with E-state index in [4.69, 9.17) is 0 Å². The highest BCUT2D eigenvalue weighted by atomic mass is 16.2. The molecule has 1 unspecified atom stereocenters. The van der Waals surface area contributed by atoms with E-state index in [2.05, 4.69) is 0 Å². The average Bonchev–Trinajstić information content (AvgIpc) is 1.84. The molecule has 0 fully saturated rings. The fraction of sp³-hybridized carbons (Fsp3) is 0.571. The maximum atomic E-state index is 10.7. The standard InChI is InChI=1S/C7H10O3/c1-4(5(2)8)7(10)6(3)9/h4H,1-3H3. The molecule has 3 heteroatoms. The Morgan fingerprint density at radius 2 is 1.50 bits per heavy atom. The van der Waals surface area contributed by atoms with Gasteiger partial charge in [-0.3, -0.25) is 14.4 Å². The van der Waals surface area contributed by atoms with Gasteiger partial charge in [-0.1, -0.05) is 0 Å². The monoisotopic (exact) mass is 142 g/mol. The van der Waals surface area contributed by atoms with Gasteiger partial charge in [0, 0.05) is 6.92 Å². The Hall–Kier alpha value is -0.990. The molecule has 0 spiro atoms. The lowest BCUT2D eigenvalue weighted by molar-refractivity contribution is -0.140. The Morgan fingerprint density at radius 3 is 1.60 bits per heavy atom. The smallest absolute Gasteiger partial charge is 0.208 e. The van der Waals surface area contributed by atoms with Gasteiger partial charge in [0.05, 0.1) is 5.92 Å². The maximum Gasteiger partial charge on any atom is 0.208 e. The third-order valence-corrected chi connectivity index (χ3v) is 1.35. The molecular weight excluding hydrogens is 132 g/mol. The van der Waals surface area contributed by atoms with Crippen LogP contribution in [-0.2, 0) is 14.4 Å². The fourth-order valence-electron chi connectivity index (χ4n) is 0.490. The SMILES string of the molecule is CC(=O)C(=O)C(C)C(C)=O. The maximum absolute atomic E-state index is 10.7. The normalized spacial score (nSPS) is 12.3. The number of hydrogen-bond acceptors (Lipinski definition) is 3. The van der Waals surface area contributed by atoms with Gasteiger partial charge in [0.2, 0.25) is 5.78 Å². The first kappa shape index (κ1) is 9.01. The van der Waals surface area contributed by atoms with Crippen LogP contribution in [0.25, 0.3) is 0 Å². The van der Waals surface area contributed by atoms with Crippen LogP contribution in [0, 0.1) is 5.92 Å². The second-order valence-electron chi connectivity index (χ2n) is 2.25. The molecule has 10 heavy (non-hydrogen) atoms. The van der Waals surface area contributed by atoms with Crippen molar-refractivity contribution in [2.45, 2.75) is 20.8 Å². The number of carbonyl (C=O) groups excluding carboxylic acids is 3. The Bertz CT molecular complexity index is 181. The van der Waals surface area contributed by atoms with E-state index in [0.717, 1.165) is 0 Å². The predicted octanol–water partition coefficient (Wildman–Crippen LogP) is 0.370. The van der Waals surface area contributed by atoms with E-state index in [1.54, 1.807) is 0 Å². The number of Topliss-reactive ketones (excluding diaryl/α,β-unsaturated/α-hetero) is 3. The van der Waals surface area contributed by atoms with Crippen molar-refractivity contribution in [2.24, 2.45) is 5.92 Å².